The van der Waals surface area contributed by atoms with Gasteiger partial charge in [-0.2, -0.15) is 0 Å². The minimum Gasteiger partial charge on any atom is -0.392 e. The highest BCUT2D eigenvalue weighted by molar-refractivity contribution is 5.23. The number of aliphatic hydroxyl groups excluding tert-OH is 1. The molecule has 0 amide bonds. The lowest BCUT2D eigenvalue weighted by Gasteiger charge is -2.48. The molecule has 1 aromatic rings. The molecular formula is C21H34N2O. The molecule has 0 radical (unpaired) electrons. The summed E-state index contributed by atoms with van der Waals surface area (Å²) in [6.07, 6.45) is 4.47. The summed E-state index contributed by atoms with van der Waals surface area (Å²) in [5, 5.41) is 10.1. The van der Waals surface area contributed by atoms with Crippen molar-refractivity contribution in [3.05, 3.63) is 35.4 Å². The molecule has 3 heteroatoms. The fourth-order valence-corrected chi connectivity index (χ4v) is 4.68. The molecule has 3 rings (SSSR count). The van der Waals surface area contributed by atoms with E-state index < -0.39 is 0 Å². The zero-order chi connectivity index (χ0) is 17.2. The number of rotatable bonds is 4. The van der Waals surface area contributed by atoms with Crippen molar-refractivity contribution in [1.29, 1.82) is 0 Å². The minimum atomic E-state index is -0.135. The summed E-state index contributed by atoms with van der Waals surface area (Å²) in [5.41, 5.74) is 3.23. The predicted octanol–water partition coefficient (Wildman–Crippen LogP) is 3.16. The van der Waals surface area contributed by atoms with Crippen LogP contribution in [-0.4, -0.2) is 54.2 Å². The summed E-state index contributed by atoms with van der Waals surface area (Å²) >= 11 is 0. The Morgan fingerprint density at radius 1 is 1.12 bits per heavy atom. The van der Waals surface area contributed by atoms with Gasteiger partial charge in [0, 0.05) is 19.6 Å². The van der Waals surface area contributed by atoms with E-state index in [2.05, 4.69) is 55.0 Å². The molecule has 2 fully saturated rings. The van der Waals surface area contributed by atoms with E-state index >= 15 is 0 Å². The van der Waals surface area contributed by atoms with E-state index in [1.54, 1.807) is 0 Å². The topological polar surface area (TPSA) is 26.7 Å². The van der Waals surface area contributed by atoms with E-state index in [-0.39, 0.29) is 6.10 Å². The number of likely N-dealkylation sites (N-methyl/N-ethyl adjacent to an activating group) is 1. The molecule has 0 aromatic heterocycles. The van der Waals surface area contributed by atoms with Crippen molar-refractivity contribution in [3.63, 3.8) is 0 Å². The maximum atomic E-state index is 10.1. The summed E-state index contributed by atoms with van der Waals surface area (Å²) in [6.45, 7) is 9.93. The van der Waals surface area contributed by atoms with Crippen LogP contribution in [0.5, 0.6) is 0 Å². The second-order valence-corrected chi connectivity index (χ2v) is 8.75. The Kier molecular flexibility index (Phi) is 5.63. The Morgan fingerprint density at radius 3 is 2.33 bits per heavy atom. The van der Waals surface area contributed by atoms with E-state index in [9.17, 15) is 5.11 Å². The lowest BCUT2D eigenvalue weighted by Crippen LogP contribution is -2.52. The smallest absolute Gasteiger partial charge is 0.0672 e. The van der Waals surface area contributed by atoms with Crippen molar-refractivity contribution < 1.29 is 5.11 Å². The first-order valence-corrected chi connectivity index (χ1v) is 9.61. The Labute approximate surface area is 147 Å². The van der Waals surface area contributed by atoms with E-state index in [0.717, 1.165) is 45.1 Å². The highest BCUT2D eigenvalue weighted by Gasteiger charge is 2.40. The fourth-order valence-electron chi connectivity index (χ4n) is 4.68. The SMILES string of the molecule is CC(C)Cc1ccc(CN2CCC3(CC2)CC(O)CN(C)C3)cc1. The van der Waals surface area contributed by atoms with Crippen molar-refractivity contribution in [3.8, 4) is 0 Å². The molecule has 134 valence electrons. The number of benzene rings is 1. The minimum absolute atomic E-state index is 0.135. The molecule has 3 nitrogen and oxygen atoms in total. The van der Waals surface area contributed by atoms with Crippen molar-refractivity contribution >= 4 is 0 Å². The van der Waals surface area contributed by atoms with Crippen LogP contribution in [0.15, 0.2) is 24.3 Å². The van der Waals surface area contributed by atoms with Crippen LogP contribution in [0.2, 0.25) is 0 Å². The second-order valence-electron chi connectivity index (χ2n) is 8.75. The van der Waals surface area contributed by atoms with Gasteiger partial charge in [0.15, 0.2) is 0 Å². The van der Waals surface area contributed by atoms with Gasteiger partial charge in [-0.05, 0) is 68.3 Å². The Morgan fingerprint density at radius 2 is 1.75 bits per heavy atom. The van der Waals surface area contributed by atoms with Gasteiger partial charge in [0.2, 0.25) is 0 Å². The molecule has 1 unspecified atom stereocenters. The van der Waals surface area contributed by atoms with Crippen LogP contribution < -0.4 is 0 Å². The Hall–Kier alpha value is -0.900. The fraction of sp³-hybridized carbons (Fsp3) is 0.714. The van der Waals surface area contributed by atoms with Gasteiger partial charge in [-0.1, -0.05) is 38.1 Å². The second kappa shape index (κ2) is 7.55. The first kappa shape index (κ1) is 17.9. The van der Waals surface area contributed by atoms with Gasteiger partial charge in [0.25, 0.3) is 0 Å². The van der Waals surface area contributed by atoms with Gasteiger partial charge in [-0.25, -0.2) is 0 Å². The molecule has 1 aromatic carbocycles. The van der Waals surface area contributed by atoms with Gasteiger partial charge >= 0.3 is 0 Å². The number of hydrogen-bond donors (Lipinski definition) is 1. The Balaban J connectivity index is 1.52. The molecular weight excluding hydrogens is 296 g/mol. The van der Waals surface area contributed by atoms with Crippen LogP contribution in [-0.2, 0) is 13.0 Å². The zero-order valence-electron chi connectivity index (χ0n) is 15.7. The quantitative estimate of drug-likeness (QED) is 0.918. The van der Waals surface area contributed by atoms with Gasteiger partial charge < -0.3 is 10.0 Å². The van der Waals surface area contributed by atoms with E-state index in [1.807, 2.05) is 0 Å². The van der Waals surface area contributed by atoms with Crippen molar-refractivity contribution in [2.45, 2.75) is 52.2 Å². The van der Waals surface area contributed by atoms with Crippen molar-refractivity contribution in [1.82, 2.24) is 9.80 Å². The van der Waals surface area contributed by atoms with Crippen LogP contribution in [0.3, 0.4) is 0 Å². The first-order valence-electron chi connectivity index (χ1n) is 9.61. The third kappa shape index (κ3) is 4.59. The van der Waals surface area contributed by atoms with Gasteiger partial charge in [-0.3, -0.25) is 4.90 Å². The highest BCUT2D eigenvalue weighted by Crippen LogP contribution is 2.39. The predicted molar refractivity (Wildman–Crippen MR) is 100 cm³/mol. The van der Waals surface area contributed by atoms with Crippen molar-refractivity contribution in [2.75, 3.05) is 33.2 Å². The zero-order valence-corrected chi connectivity index (χ0v) is 15.7. The number of β-amino-alcohol motifs (C(OH)–C–C–N with tert-alkyl or cyclic N) is 1. The third-order valence-corrected chi connectivity index (χ3v) is 5.79. The summed E-state index contributed by atoms with van der Waals surface area (Å²) in [7, 11) is 2.15. The largest absolute Gasteiger partial charge is 0.392 e. The summed E-state index contributed by atoms with van der Waals surface area (Å²) in [5.74, 6) is 0.720. The molecule has 0 bridgehead atoms. The van der Waals surface area contributed by atoms with Crippen LogP contribution in [0.1, 0.15) is 44.2 Å². The van der Waals surface area contributed by atoms with Crippen LogP contribution in [0, 0.1) is 11.3 Å². The normalized spacial score (nSPS) is 25.5. The van der Waals surface area contributed by atoms with Gasteiger partial charge in [0.05, 0.1) is 6.10 Å². The number of hydrogen-bond acceptors (Lipinski definition) is 3. The highest BCUT2D eigenvalue weighted by atomic mass is 16.3. The van der Waals surface area contributed by atoms with E-state index in [1.165, 1.54) is 30.4 Å². The van der Waals surface area contributed by atoms with Crippen LogP contribution in [0.25, 0.3) is 0 Å². The molecule has 0 saturated carbocycles. The summed E-state index contributed by atoms with van der Waals surface area (Å²) < 4.78 is 0. The van der Waals surface area contributed by atoms with E-state index in [4.69, 9.17) is 0 Å². The maximum absolute atomic E-state index is 10.1. The molecule has 2 aliphatic heterocycles. The number of piperidine rings is 2. The van der Waals surface area contributed by atoms with Gasteiger partial charge in [0.1, 0.15) is 0 Å². The molecule has 1 atom stereocenters. The molecule has 0 aliphatic carbocycles. The average Bonchev–Trinajstić information content (AvgIpc) is 2.50. The third-order valence-electron chi connectivity index (χ3n) is 5.79. The van der Waals surface area contributed by atoms with Crippen LogP contribution >= 0.6 is 0 Å². The Bertz CT molecular complexity index is 505. The average molecular weight is 331 g/mol. The van der Waals surface area contributed by atoms with Crippen molar-refractivity contribution in [2.24, 2.45) is 11.3 Å². The number of likely N-dealkylation sites (tertiary alicyclic amines) is 2. The van der Waals surface area contributed by atoms with Gasteiger partial charge in [-0.15, -0.1) is 0 Å². The van der Waals surface area contributed by atoms with Crippen LogP contribution in [0.4, 0.5) is 0 Å². The molecule has 24 heavy (non-hydrogen) atoms. The molecule has 2 aliphatic rings. The lowest BCUT2D eigenvalue weighted by molar-refractivity contribution is -0.0331. The summed E-state index contributed by atoms with van der Waals surface area (Å²) in [4.78, 5) is 4.90. The van der Waals surface area contributed by atoms with E-state index in [0.29, 0.717) is 5.41 Å². The number of aliphatic hydroxyl groups is 1. The molecule has 2 heterocycles. The molecule has 1 spiro atoms. The maximum Gasteiger partial charge on any atom is 0.0672 e. The molecule has 2 saturated heterocycles. The molecule has 1 N–H and O–H groups in total. The number of nitrogens with zero attached hydrogens (tertiary/aromatic N) is 2. The summed E-state index contributed by atoms with van der Waals surface area (Å²) in [6, 6.07) is 9.21. The standard InChI is InChI=1S/C21H34N2O/c1-17(2)12-18-4-6-19(7-5-18)14-23-10-8-21(9-11-23)13-20(24)15-22(3)16-21/h4-7,17,20,24H,8-16H2,1-3H3. The monoisotopic (exact) mass is 330 g/mol. The lowest BCUT2D eigenvalue weighted by atomic mass is 9.71. The first-order chi connectivity index (χ1) is 11.4.